The van der Waals surface area contributed by atoms with Crippen molar-refractivity contribution in [2.45, 2.75) is 32.3 Å². The molecule has 3 heterocycles. The van der Waals surface area contributed by atoms with E-state index in [0.29, 0.717) is 23.9 Å². The molecule has 6 nitrogen and oxygen atoms in total. The van der Waals surface area contributed by atoms with Crippen molar-refractivity contribution in [3.8, 4) is 17.4 Å². The molecule has 0 amide bonds. The SMILES string of the molecule is Cc1c(-c2nc(Cc3ccccc3)no2)oc2cccc(O[C@@H]3CC=NCC3)c12. The quantitative estimate of drug-likeness (QED) is 0.482. The second kappa shape index (κ2) is 7.54. The van der Waals surface area contributed by atoms with Crippen molar-refractivity contribution >= 4 is 17.2 Å². The van der Waals surface area contributed by atoms with E-state index in [4.69, 9.17) is 13.7 Å². The number of hydrogen-bond donors (Lipinski definition) is 0. The van der Waals surface area contributed by atoms with Crippen molar-refractivity contribution in [1.82, 2.24) is 10.1 Å². The number of nitrogens with zero attached hydrogens (tertiary/aromatic N) is 3. The summed E-state index contributed by atoms with van der Waals surface area (Å²) in [5, 5.41) is 5.07. The predicted molar refractivity (Wildman–Crippen MR) is 111 cm³/mol. The van der Waals surface area contributed by atoms with Gasteiger partial charge in [-0.15, -0.1) is 0 Å². The molecule has 0 N–H and O–H groups in total. The normalized spacial score (nSPS) is 16.4. The average molecular weight is 387 g/mol. The molecule has 0 aliphatic carbocycles. The first kappa shape index (κ1) is 17.7. The van der Waals surface area contributed by atoms with Gasteiger partial charge in [-0.3, -0.25) is 4.99 Å². The van der Waals surface area contributed by atoms with E-state index in [1.807, 2.05) is 61.7 Å². The monoisotopic (exact) mass is 387 g/mol. The van der Waals surface area contributed by atoms with Crippen LogP contribution in [0.3, 0.4) is 0 Å². The minimum absolute atomic E-state index is 0.136. The Labute approximate surface area is 168 Å². The van der Waals surface area contributed by atoms with Gasteiger partial charge in [-0.1, -0.05) is 41.6 Å². The number of ether oxygens (including phenoxy) is 1. The fourth-order valence-corrected chi connectivity index (χ4v) is 3.67. The highest BCUT2D eigenvalue weighted by atomic mass is 16.5. The standard InChI is InChI=1S/C23H21N3O3/c1-15-21-18(27-17-10-12-24-13-11-17)8-5-9-19(21)28-22(15)23-25-20(26-29-23)14-16-6-3-2-4-7-16/h2-9,12,17H,10-11,13-14H2,1H3/t17-/m1/s1. The summed E-state index contributed by atoms with van der Waals surface area (Å²) >= 11 is 0. The van der Waals surface area contributed by atoms with Crippen LogP contribution in [0.2, 0.25) is 0 Å². The molecule has 0 saturated carbocycles. The van der Waals surface area contributed by atoms with Gasteiger partial charge < -0.3 is 13.7 Å². The van der Waals surface area contributed by atoms with Crippen LogP contribution in [-0.2, 0) is 6.42 Å². The van der Waals surface area contributed by atoms with Gasteiger partial charge in [0.1, 0.15) is 17.4 Å². The summed E-state index contributed by atoms with van der Waals surface area (Å²) in [6.45, 7) is 2.81. The summed E-state index contributed by atoms with van der Waals surface area (Å²) < 4.78 is 17.9. The second-order valence-corrected chi connectivity index (χ2v) is 7.22. The zero-order valence-corrected chi connectivity index (χ0v) is 16.2. The van der Waals surface area contributed by atoms with Gasteiger partial charge in [-0.2, -0.15) is 4.98 Å². The third-order valence-electron chi connectivity index (χ3n) is 5.15. The molecule has 1 aliphatic rings. The van der Waals surface area contributed by atoms with Gasteiger partial charge in [0, 0.05) is 37.6 Å². The molecule has 0 fully saturated rings. The lowest BCUT2D eigenvalue weighted by Gasteiger charge is -2.19. The summed E-state index contributed by atoms with van der Waals surface area (Å²) in [4.78, 5) is 8.82. The Balaban J connectivity index is 1.46. The first-order valence-corrected chi connectivity index (χ1v) is 9.82. The summed E-state index contributed by atoms with van der Waals surface area (Å²) in [6.07, 6.45) is 4.43. The van der Waals surface area contributed by atoms with Gasteiger partial charge >= 0.3 is 0 Å². The molecule has 5 rings (SSSR count). The van der Waals surface area contributed by atoms with Crippen LogP contribution < -0.4 is 4.74 Å². The van der Waals surface area contributed by atoms with Crippen LogP contribution in [-0.4, -0.2) is 29.0 Å². The molecular weight excluding hydrogens is 366 g/mol. The summed E-state index contributed by atoms with van der Waals surface area (Å²) in [5.41, 5.74) is 2.82. The number of rotatable bonds is 5. The van der Waals surface area contributed by atoms with E-state index in [-0.39, 0.29) is 6.10 Å². The number of aromatic nitrogens is 2. The van der Waals surface area contributed by atoms with E-state index in [1.54, 1.807) is 0 Å². The Morgan fingerprint density at radius 3 is 2.83 bits per heavy atom. The maximum absolute atomic E-state index is 6.26. The van der Waals surface area contributed by atoms with E-state index >= 15 is 0 Å². The van der Waals surface area contributed by atoms with Crippen molar-refractivity contribution in [2.24, 2.45) is 4.99 Å². The molecular formula is C23H21N3O3. The van der Waals surface area contributed by atoms with Gasteiger partial charge in [0.25, 0.3) is 5.89 Å². The lowest BCUT2D eigenvalue weighted by atomic mass is 10.1. The van der Waals surface area contributed by atoms with Crippen LogP contribution in [0, 0.1) is 6.92 Å². The Hall–Kier alpha value is -3.41. The molecule has 0 unspecified atom stereocenters. The highest BCUT2D eigenvalue weighted by Gasteiger charge is 2.22. The average Bonchev–Trinajstić information content (AvgIpc) is 3.34. The maximum Gasteiger partial charge on any atom is 0.293 e. The topological polar surface area (TPSA) is 73.7 Å². The van der Waals surface area contributed by atoms with Crippen molar-refractivity contribution < 1.29 is 13.7 Å². The Kier molecular flexibility index (Phi) is 4.60. The summed E-state index contributed by atoms with van der Waals surface area (Å²) in [6, 6.07) is 15.9. The number of fused-ring (bicyclic) bond motifs is 1. The summed E-state index contributed by atoms with van der Waals surface area (Å²) in [7, 11) is 0. The van der Waals surface area contributed by atoms with Crippen LogP contribution >= 0.6 is 0 Å². The van der Waals surface area contributed by atoms with E-state index in [2.05, 4.69) is 15.1 Å². The van der Waals surface area contributed by atoms with Gasteiger partial charge in [0.2, 0.25) is 0 Å². The van der Waals surface area contributed by atoms with E-state index in [9.17, 15) is 0 Å². The largest absolute Gasteiger partial charge is 0.489 e. The predicted octanol–water partition coefficient (Wildman–Crippen LogP) is 4.99. The van der Waals surface area contributed by atoms with Crippen molar-refractivity contribution in [2.75, 3.05) is 6.54 Å². The molecule has 2 aromatic carbocycles. The van der Waals surface area contributed by atoms with Crippen molar-refractivity contribution in [3.63, 3.8) is 0 Å². The van der Waals surface area contributed by atoms with E-state index < -0.39 is 0 Å². The van der Waals surface area contributed by atoms with Gasteiger partial charge in [0.15, 0.2) is 11.6 Å². The minimum Gasteiger partial charge on any atom is -0.489 e. The Morgan fingerprint density at radius 1 is 1.10 bits per heavy atom. The maximum atomic E-state index is 6.26. The molecule has 1 aliphatic heterocycles. The van der Waals surface area contributed by atoms with Crippen LogP contribution in [0.15, 0.2) is 62.5 Å². The fraction of sp³-hybridized carbons (Fsp3) is 0.261. The van der Waals surface area contributed by atoms with Crippen LogP contribution in [0.5, 0.6) is 5.75 Å². The highest BCUT2D eigenvalue weighted by Crippen LogP contribution is 2.38. The first-order chi connectivity index (χ1) is 14.3. The molecule has 29 heavy (non-hydrogen) atoms. The molecule has 4 aromatic rings. The van der Waals surface area contributed by atoms with E-state index in [1.165, 1.54) is 0 Å². The van der Waals surface area contributed by atoms with Crippen LogP contribution in [0.1, 0.15) is 29.8 Å². The lowest BCUT2D eigenvalue weighted by Crippen LogP contribution is -2.21. The van der Waals surface area contributed by atoms with Crippen molar-refractivity contribution in [3.05, 3.63) is 65.5 Å². The van der Waals surface area contributed by atoms with E-state index in [0.717, 1.165) is 47.2 Å². The lowest BCUT2D eigenvalue weighted by molar-refractivity contribution is 0.201. The number of aliphatic imine (C=N–C) groups is 1. The Morgan fingerprint density at radius 2 is 2.00 bits per heavy atom. The first-order valence-electron chi connectivity index (χ1n) is 9.82. The highest BCUT2D eigenvalue weighted by molar-refractivity contribution is 5.91. The summed E-state index contributed by atoms with van der Waals surface area (Å²) in [5.74, 6) is 2.43. The minimum atomic E-state index is 0.136. The van der Waals surface area contributed by atoms with Crippen molar-refractivity contribution in [1.29, 1.82) is 0 Å². The number of furan rings is 1. The molecule has 0 radical (unpaired) electrons. The smallest absolute Gasteiger partial charge is 0.293 e. The molecule has 0 saturated heterocycles. The number of hydrogen-bond acceptors (Lipinski definition) is 6. The molecule has 2 aromatic heterocycles. The molecule has 146 valence electrons. The number of aryl methyl sites for hydroxylation is 1. The number of benzene rings is 2. The zero-order valence-electron chi connectivity index (χ0n) is 16.2. The molecule has 1 atom stereocenters. The second-order valence-electron chi connectivity index (χ2n) is 7.22. The van der Waals surface area contributed by atoms with Crippen LogP contribution in [0.25, 0.3) is 22.6 Å². The van der Waals surface area contributed by atoms with Crippen LogP contribution in [0.4, 0.5) is 0 Å². The third kappa shape index (κ3) is 3.53. The molecule has 0 spiro atoms. The Bertz CT molecular complexity index is 1160. The molecule has 6 heteroatoms. The van der Waals surface area contributed by atoms with Gasteiger partial charge in [0.05, 0.1) is 5.39 Å². The molecule has 0 bridgehead atoms. The zero-order chi connectivity index (χ0) is 19.6. The van der Waals surface area contributed by atoms with Gasteiger partial charge in [-0.25, -0.2) is 0 Å². The van der Waals surface area contributed by atoms with Gasteiger partial charge in [-0.05, 0) is 24.6 Å². The third-order valence-corrected chi connectivity index (χ3v) is 5.15. The fourth-order valence-electron chi connectivity index (χ4n) is 3.67.